The van der Waals surface area contributed by atoms with Crippen LogP contribution in [-0.4, -0.2) is 10.9 Å². The Labute approximate surface area is 119 Å². The van der Waals surface area contributed by atoms with Crippen LogP contribution in [0.25, 0.3) is 0 Å². The number of carbonyl (C=O) groups is 1. The van der Waals surface area contributed by atoms with E-state index in [-0.39, 0.29) is 5.91 Å². The van der Waals surface area contributed by atoms with Crippen molar-refractivity contribution in [2.45, 2.75) is 12.3 Å². The normalized spacial score (nSPS) is 10.3. The Morgan fingerprint density at radius 3 is 2.67 bits per heavy atom. The van der Waals surface area contributed by atoms with E-state index in [4.69, 9.17) is 23.2 Å². The molecule has 1 aromatic heterocycles. The lowest BCUT2D eigenvalue weighted by Gasteiger charge is -2.02. The topological polar surface area (TPSA) is 42.0 Å². The molecular formula is C12H10Cl2N2OS. The molecule has 3 nitrogen and oxygen atoms in total. The summed E-state index contributed by atoms with van der Waals surface area (Å²) in [7, 11) is 0. The molecule has 0 fully saturated rings. The number of thiazole rings is 1. The molecule has 1 N–H and O–H groups in total. The Morgan fingerprint density at radius 2 is 2.06 bits per heavy atom. The van der Waals surface area contributed by atoms with Gasteiger partial charge in [0.15, 0.2) is 5.13 Å². The second-order valence-electron chi connectivity index (χ2n) is 3.63. The number of halogens is 2. The van der Waals surface area contributed by atoms with Crippen LogP contribution in [0, 0.1) is 0 Å². The van der Waals surface area contributed by atoms with Gasteiger partial charge in [-0.3, -0.25) is 4.79 Å². The second-order valence-corrected chi connectivity index (χ2v) is 5.19. The molecule has 1 aromatic carbocycles. The highest BCUT2D eigenvalue weighted by Gasteiger charge is 2.07. The van der Waals surface area contributed by atoms with Crippen molar-refractivity contribution in [3.05, 3.63) is 45.9 Å². The van der Waals surface area contributed by atoms with E-state index in [0.717, 1.165) is 11.3 Å². The minimum Gasteiger partial charge on any atom is -0.302 e. The van der Waals surface area contributed by atoms with Crippen LogP contribution in [0.1, 0.15) is 11.3 Å². The number of anilines is 1. The Morgan fingerprint density at radius 1 is 1.33 bits per heavy atom. The zero-order valence-corrected chi connectivity index (χ0v) is 11.6. The van der Waals surface area contributed by atoms with E-state index in [1.165, 1.54) is 11.3 Å². The lowest BCUT2D eigenvalue weighted by Crippen LogP contribution is -2.14. The molecule has 0 aliphatic heterocycles. The zero-order chi connectivity index (χ0) is 13.0. The molecular weight excluding hydrogens is 291 g/mol. The van der Waals surface area contributed by atoms with Crippen molar-refractivity contribution >= 4 is 45.6 Å². The van der Waals surface area contributed by atoms with E-state index in [2.05, 4.69) is 10.3 Å². The predicted octanol–water partition coefficient (Wildman–Crippen LogP) is 3.72. The summed E-state index contributed by atoms with van der Waals surface area (Å²) in [5.41, 5.74) is 1.68. The first-order valence-corrected chi connectivity index (χ1v) is 7.01. The fourth-order valence-corrected chi connectivity index (χ4v) is 2.46. The van der Waals surface area contributed by atoms with Crippen LogP contribution in [0.5, 0.6) is 0 Å². The van der Waals surface area contributed by atoms with Crippen LogP contribution in [0.3, 0.4) is 0 Å². The Kier molecular flexibility index (Phi) is 4.58. The minimum atomic E-state index is -0.104. The highest BCUT2D eigenvalue weighted by molar-refractivity contribution is 7.13. The van der Waals surface area contributed by atoms with Crippen LogP contribution in [0.15, 0.2) is 29.6 Å². The monoisotopic (exact) mass is 300 g/mol. The van der Waals surface area contributed by atoms with Gasteiger partial charge in [0.05, 0.1) is 18.0 Å². The number of hydrogen-bond acceptors (Lipinski definition) is 3. The Balaban J connectivity index is 1.94. The molecule has 0 spiro atoms. The summed E-state index contributed by atoms with van der Waals surface area (Å²) in [4.78, 5) is 15.9. The molecule has 0 atom stereocenters. The fraction of sp³-hybridized carbons (Fsp3) is 0.167. The van der Waals surface area contributed by atoms with Gasteiger partial charge in [0.2, 0.25) is 5.91 Å². The lowest BCUT2D eigenvalue weighted by atomic mass is 10.1. The van der Waals surface area contributed by atoms with E-state index >= 15 is 0 Å². The third-order valence-corrected chi connectivity index (χ3v) is 3.55. The van der Waals surface area contributed by atoms with Gasteiger partial charge in [-0.05, 0) is 17.7 Å². The smallest absolute Gasteiger partial charge is 0.230 e. The number of carbonyl (C=O) groups excluding carboxylic acids is 1. The van der Waals surface area contributed by atoms with Crippen molar-refractivity contribution in [3.63, 3.8) is 0 Å². The van der Waals surface area contributed by atoms with E-state index < -0.39 is 0 Å². The molecule has 0 saturated carbocycles. The maximum Gasteiger partial charge on any atom is 0.230 e. The number of nitrogens with zero attached hydrogens (tertiary/aromatic N) is 1. The van der Waals surface area contributed by atoms with Gasteiger partial charge in [-0.1, -0.05) is 23.7 Å². The average molecular weight is 301 g/mol. The summed E-state index contributed by atoms with van der Waals surface area (Å²) in [6.45, 7) is 0. The first-order valence-electron chi connectivity index (χ1n) is 5.22. The quantitative estimate of drug-likeness (QED) is 0.875. The van der Waals surface area contributed by atoms with Crippen LogP contribution in [0.4, 0.5) is 5.13 Å². The molecule has 2 aromatic rings. The zero-order valence-electron chi connectivity index (χ0n) is 9.32. The van der Waals surface area contributed by atoms with Crippen molar-refractivity contribution in [1.29, 1.82) is 0 Å². The number of hydrogen-bond donors (Lipinski definition) is 1. The summed E-state index contributed by atoms with van der Waals surface area (Å²) < 4.78 is 0. The molecule has 6 heteroatoms. The number of benzene rings is 1. The molecule has 94 valence electrons. The number of nitrogens with one attached hydrogen (secondary N) is 1. The van der Waals surface area contributed by atoms with Crippen molar-refractivity contribution in [2.75, 3.05) is 5.32 Å². The standard InChI is InChI=1S/C12H10Cl2N2OS/c13-6-10-7-18-12(15-10)16-11(17)5-8-1-3-9(14)4-2-8/h1-4,7H,5-6H2,(H,15,16,17). The van der Waals surface area contributed by atoms with Gasteiger partial charge in [-0.25, -0.2) is 4.98 Å². The van der Waals surface area contributed by atoms with E-state index in [1.54, 1.807) is 12.1 Å². The van der Waals surface area contributed by atoms with Gasteiger partial charge < -0.3 is 5.32 Å². The highest BCUT2D eigenvalue weighted by atomic mass is 35.5. The molecule has 0 bridgehead atoms. The van der Waals surface area contributed by atoms with Gasteiger partial charge in [0, 0.05) is 10.4 Å². The van der Waals surface area contributed by atoms with Gasteiger partial charge in [-0.15, -0.1) is 22.9 Å². The Hall–Kier alpha value is -1.10. The van der Waals surface area contributed by atoms with Crippen LogP contribution in [-0.2, 0) is 17.1 Å². The van der Waals surface area contributed by atoms with Crippen molar-refractivity contribution in [2.24, 2.45) is 0 Å². The molecule has 0 aliphatic rings. The van der Waals surface area contributed by atoms with Gasteiger partial charge in [-0.2, -0.15) is 0 Å². The largest absolute Gasteiger partial charge is 0.302 e. The first-order chi connectivity index (χ1) is 8.67. The molecule has 1 amide bonds. The average Bonchev–Trinajstić information content (AvgIpc) is 2.79. The van der Waals surface area contributed by atoms with E-state index in [0.29, 0.717) is 22.5 Å². The van der Waals surface area contributed by atoms with E-state index in [1.807, 2.05) is 17.5 Å². The second kappa shape index (κ2) is 6.18. The number of rotatable bonds is 4. The summed E-state index contributed by atoms with van der Waals surface area (Å²) in [5, 5.41) is 5.79. The fourth-order valence-electron chi connectivity index (χ4n) is 1.38. The molecule has 0 aliphatic carbocycles. The van der Waals surface area contributed by atoms with Crippen molar-refractivity contribution in [3.8, 4) is 0 Å². The number of amides is 1. The maximum atomic E-state index is 11.8. The summed E-state index contributed by atoms with van der Waals surface area (Å²) in [6.07, 6.45) is 0.299. The molecule has 2 rings (SSSR count). The number of aromatic nitrogens is 1. The minimum absolute atomic E-state index is 0.104. The molecule has 1 heterocycles. The number of alkyl halides is 1. The Bertz CT molecular complexity index is 539. The summed E-state index contributed by atoms with van der Waals surface area (Å²) in [5.74, 6) is 0.247. The van der Waals surface area contributed by atoms with Crippen molar-refractivity contribution < 1.29 is 4.79 Å². The summed E-state index contributed by atoms with van der Waals surface area (Å²) in [6, 6.07) is 7.18. The van der Waals surface area contributed by atoms with Crippen LogP contribution >= 0.6 is 34.5 Å². The maximum absolute atomic E-state index is 11.8. The highest BCUT2D eigenvalue weighted by Crippen LogP contribution is 2.17. The first kappa shape index (κ1) is 13.3. The molecule has 0 radical (unpaired) electrons. The SMILES string of the molecule is O=C(Cc1ccc(Cl)cc1)Nc1nc(CCl)cs1. The molecule has 18 heavy (non-hydrogen) atoms. The molecule has 0 saturated heterocycles. The lowest BCUT2D eigenvalue weighted by molar-refractivity contribution is -0.115. The van der Waals surface area contributed by atoms with Crippen LogP contribution < -0.4 is 5.32 Å². The van der Waals surface area contributed by atoms with Gasteiger partial charge >= 0.3 is 0 Å². The van der Waals surface area contributed by atoms with Crippen LogP contribution in [0.2, 0.25) is 5.02 Å². The van der Waals surface area contributed by atoms with Gasteiger partial charge in [0.1, 0.15) is 0 Å². The van der Waals surface area contributed by atoms with Crippen molar-refractivity contribution in [1.82, 2.24) is 4.98 Å². The van der Waals surface area contributed by atoms with E-state index in [9.17, 15) is 4.79 Å². The third kappa shape index (κ3) is 3.70. The summed E-state index contributed by atoms with van der Waals surface area (Å²) >= 11 is 12.8. The molecule has 0 unspecified atom stereocenters. The van der Waals surface area contributed by atoms with Gasteiger partial charge in [0.25, 0.3) is 0 Å². The predicted molar refractivity (Wildman–Crippen MR) is 75.5 cm³/mol. The third-order valence-electron chi connectivity index (χ3n) is 2.21.